The minimum atomic E-state index is -0.265. The topological polar surface area (TPSA) is 50.6 Å². The van der Waals surface area contributed by atoms with Crippen LogP contribution in [0.1, 0.15) is 23.0 Å². The monoisotopic (exact) mass is 390 g/mol. The highest BCUT2D eigenvalue weighted by Gasteiger charge is 2.19. The van der Waals surface area contributed by atoms with Crippen molar-refractivity contribution < 1.29 is 9.53 Å². The van der Waals surface area contributed by atoms with Gasteiger partial charge in [0.1, 0.15) is 0 Å². The Morgan fingerprint density at radius 1 is 0.931 bits per heavy atom. The summed E-state index contributed by atoms with van der Waals surface area (Å²) in [4.78, 5) is 16.6. The Hall–Kier alpha value is -3.12. The molecule has 0 amide bonds. The zero-order chi connectivity index (χ0) is 20.1. The summed E-state index contributed by atoms with van der Waals surface area (Å²) in [5, 5.41) is 4.49. The average Bonchev–Trinajstić information content (AvgIpc) is 3.23. The lowest BCUT2D eigenvalue weighted by Gasteiger charge is -2.36. The minimum Gasteiger partial charge on any atom is -0.462 e. The Balaban J connectivity index is 1.35. The van der Waals surface area contributed by atoms with E-state index < -0.39 is 0 Å². The molecule has 1 aliphatic rings. The number of piperazine rings is 1. The smallest absolute Gasteiger partial charge is 0.338 e. The van der Waals surface area contributed by atoms with Crippen LogP contribution in [0, 0.1) is 0 Å². The van der Waals surface area contributed by atoms with Crippen molar-refractivity contribution in [3.63, 3.8) is 0 Å². The van der Waals surface area contributed by atoms with Crippen LogP contribution in [0.15, 0.2) is 66.9 Å². The van der Waals surface area contributed by atoms with Gasteiger partial charge in [0.25, 0.3) is 0 Å². The summed E-state index contributed by atoms with van der Waals surface area (Å²) in [5.41, 5.74) is 4.03. The van der Waals surface area contributed by atoms with Gasteiger partial charge < -0.3 is 9.64 Å². The maximum atomic E-state index is 11.8. The lowest BCUT2D eigenvalue weighted by atomic mass is 10.1. The van der Waals surface area contributed by atoms with E-state index in [1.165, 1.54) is 5.69 Å². The molecule has 1 aromatic heterocycles. The van der Waals surface area contributed by atoms with Crippen molar-refractivity contribution in [2.24, 2.45) is 0 Å². The highest BCUT2D eigenvalue weighted by molar-refractivity contribution is 5.89. The molecule has 0 aliphatic carbocycles. The van der Waals surface area contributed by atoms with E-state index in [-0.39, 0.29) is 5.97 Å². The summed E-state index contributed by atoms with van der Waals surface area (Å²) in [6.45, 7) is 6.98. The molecule has 0 radical (unpaired) electrons. The van der Waals surface area contributed by atoms with Crippen LogP contribution >= 0.6 is 0 Å². The number of anilines is 1. The summed E-state index contributed by atoms with van der Waals surface area (Å²) in [6.07, 6.45) is 1.86. The van der Waals surface area contributed by atoms with E-state index >= 15 is 0 Å². The van der Waals surface area contributed by atoms with Crippen molar-refractivity contribution in [1.82, 2.24) is 14.7 Å². The Labute approximate surface area is 171 Å². The van der Waals surface area contributed by atoms with Gasteiger partial charge >= 0.3 is 5.97 Å². The molecule has 1 aliphatic heterocycles. The van der Waals surface area contributed by atoms with Gasteiger partial charge in [-0.1, -0.05) is 18.2 Å². The second kappa shape index (κ2) is 8.92. The van der Waals surface area contributed by atoms with Crippen LogP contribution in [-0.4, -0.2) is 53.4 Å². The molecule has 3 aromatic rings. The number of carbonyl (C=O) groups excluding carboxylic acids is 1. The third-order valence-corrected chi connectivity index (χ3v) is 5.22. The van der Waals surface area contributed by atoms with Crippen molar-refractivity contribution in [3.05, 3.63) is 78.1 Å². The molecule has 0 unspecified atom stereocenters. The van der Waals surface area contributed by atoms with Gasteiger partial charge in [0.05, 0.1) is 23.6 Å². The molecular weight excluding hydrogens is 364 g/mol. The first-order valence-corrected chi connectivity index (χ1v) is 10.1. The molecule has 0 N–H and O–H groups in total. The average molecular weight is 390 g/mol. The molecule has 2 aromatic carbocycles. The number of ether oxygens (including phenoxy) is 1. The van der Waals surface area contributed by atoms with Gasteiger partial charge in [0.15, 0.2) is 0 Å². The predicted molar refractivity (Wildman–Crippen MR) is 113 cm³/mol. The van der Waals surface area contributed by atoms with E-state index in [1.54, 1.807) is 0 Å². The fourth-order valence-electron chi connectivity index (χ4n) is 3.67. The number of esters is 1. The van der Waals surface area contributed by atoms with Crippen LogP contribution in [0.5, 0.6) is 0 Å². The Morgan fingerprint density at radius 2 is 1.66 bits per heavy atom. The SMILES string of the molecule is CCOC(=O)c1ccc(N2CCN(Cc3ccnn3-c3ccccc3)CC2)cc1. The first kappa shape index (κ1) is 19.2. The highest BCUT2D eigenvalue weighted by atomic mass is 16.5. The van der Waals surface area contributed by atoms with Gasteiger partial charge in [-0.15, -0.1) is 0 Å². The number of carbonyl (C=O) groups is 1. The number of hydrogen-bond acceptors (Lipinski definition) is 5. The van der Waals surface area contributed by atoms with Crippen LogP contribution in [-0.2, 0) is 11.3 Å². The van der Waals surface area contributed by atoms with E-state index in [4.69, 9.17) is 4.74 Å². The van der Waals surface area contributed by atoms with Crippen molar-refractivity contribution in [2.45, 2.75) is 13.5 Å². The summed E-state index contributed by atoms with van der Waals surface area (Å²) in [6, 6.07) is 20.0. The highest BCUT2D eigenvalue weighted by Crippen LogP contribution is 2.19. The first-order chi connectivity index (χ1) is 14.2. The van der Waals surface area contributed by atoms with Gasteiger partial charge in [0, 0.05) is 44.6 Å². The zero-order valence-electron chi connectivity index (χ0n) is 16.7. The molecule has 4 rings (SSSR count). The van der Waals surface area contributed by atoms with Crippen LogP contribution in [0.25, 0.3) is 5.69 Å². The third-order valence-electron chi connectivity index (χ3n) is 5.22. The molecule has 1 saturated heterocycles. The summed E-state index contributed by atoms with van der Waals surface area (Å²) in [5.74, 6) is -0.265. The van der Waals surface area contributed by atoms with Gasteiger partial charge in [-0.25, -0.2) is 9.48 Å². The summed E-state index contributed by atoms with van der Waals surface area (Å²) >= 11 is 0. The molecule has 1 fully saturated rings. The first-order valence-electron chi connectivity index (χ1n) is 10.1. The lowest BCUT2D eigenvalue weighted by Crippen LogP contribution is -2.46. The van der Waals surface area contributed by atoms with Crippen LogP contribution in [0.3, 0.4) is 0 Å². The Morgan fingerprint density at radius 3 is 2.34 bits per heavy atom. The quantitative estimate of drug-likeness (QED) is 0.604. The van der Waals surface area contributed by atoms with Crippen LogP contribution in [0.2, 0.25) is 0 Å². The minimum absolute atomic E-state index is 0.265. The van der Waals surface area contributed by atoms with Crippen molar-refractivity contribution >= 4 is 11.7 Å². The largest absolute Gasteiger partial charge is 0.462 e. The molecular formula is C23H26N4O2. The second-order valence-electron chi connectivity index (χ2n) is 7.10. The maximum Gasteiger partial charge on any atom is 0.338 e. The van der Waals surface area contributed by atoms with Crippen LogP contribution in [0.4, 0.5) is 5.69 Å². The molecule has 6 heteroatoms. The third kappa shape index (κ3) is 4.49. The summed E-state index contributed by atoms with van der Waals surface area (Å²) in [7, 11) is 0. The van der Waals surface area contributed by atoms with Gasteiger partial charge in [-0.2, -0.15) is 5.10 Å². The molecule has 0 atom stereocenters. The molecule has 0 saturated carbocycles. The Bertz CT molecular complexity index is 929. The zero-order valence-corrected chi connectivity index (χ0v) is 16.7. The van der Waals surface area contributed by atoms with Crippen molar-refractivity contribution in [1.29, 1.82) is 0 Å². The molecule has 29 heavy (non-hydrogen) atoms. The molecule has 150 valence electrons. The number of hydrogen-bond donors (Lipinski definition) is 0. The van der Waals surface area contributed by atoms with Gasteiger partial charge in [-0.3, -0.25) is 4.90 Å². The molecule has 6 nitrogen and oxygen atoms in total. The Kier molecular flexibility index (Phi) is 5.91. The molecule has 0 bridgehead atoms. The molecule has 0 spiro atoms. The normalized spacial score (nSPS) is 14.7. The number of para-hydroxylation sites is 1. The fraction of sp³-hybridized carbons (Fsp3) is 0.304. The summed E-state index contributed by atoms with van der Waals surface area (Å²) < 4.78 is 7.07. The van der Waals surface area contributed by atoms with E-state index in [9.17, 15) is 4.79 Å². The van der Waals surface area contributed by atoms with Gasteiger partial charge in [-0.05, 0) is 49.4 Å². The molecule has 2 heterocycles. The second-order valence-corrected chi connectivity index (χ2v) is 7.10. The standard InChI is InChI=1S/C23H26N4O2/c1-2-29-23(28)19-8-10-20(11-9-19)26-16-14-25(15-17-26)18-22-12-13-24-27(22)21-6-4-3-5-7-21/h3-13H,2,14-18H2,1H3. The lowest BCUT2D eigenvalue weighted by molar-refractivity contribution is 0.0526. The van der Waals surface area contributed by atoms with Gasteiger partial charge in [0.2, 0.25) is 0 Å². The predicted octanol–water partition coefficient (Wildman–Crippen LogP) is 3.37. The number of aromatic nitrogens is 2. The van der Waals surface area contributed by atoms with E-state index in [0.717, 1.165) is 44.1 Å². The van der Waals surface area contributed by atoms with Crippen LogP contribution < -0.4 is 4.90 Å². The maximum absolute atomic E-state index is 11.8. The van der Waals surface area contributed by atoms with Crippen molar-refractivity contribution in [3.8, 4) is 5.69 Å². The number of nitrogens with zero attached hydrogens (tertiary/aromatic N) is 4. The van der Waals surface area contributed by atoms with E-state index in [0.29, 0.717) is 12.2 Å². The number of benzene rings is 2. The van der Waals surface area contributed by atoms with E-state index in [1.807, 2.05) is 60.3 Å². The van der Waals surface area contributed by atoms with Crippen molar-refractivity contribution in [2.75, 3.05) is 37.7 Å². The van der Waals surface area contributed by atoms with E-state index in [2.05, 4.69) is 33.1 Å². The number of rotatable bonds is 6. The fourth-order valence-corrected chi connectivity index (χ4v) is 3.67.